The molecule has 2 nitrogen and oxygen atoms in total. The van der Waals surface area contributed by atoms with Crippen LogP contribution in [0.4, 0.5) is 0 Å². The van der Waals surface area contributed by atoms with Crippen LogP contribution in [-0.2, 0) is 0 Å². The van der Waals surface area contributed by atoms with E-state index in [1.54, 1.807) is 0 Å². The van der Waals surface area contributed by atoms with Gasteiger partial charge in [0.15, 0.2) is 0 Å². The molecule has 76 valence electrons. The van der Waals surface area contributed by atoms with Gasteiger partial charge in [-0.05, 0) is 33.7 Å². The molecule has 2 aliphatic heterocycles. The Hall–Kier alpha value is -0.700. The summed E-state index contributed by atoms with van der Waals surface area (Å²) in [5, 5.41) is 6.76. The quantitative estimate of drug-likeness (QED) is 0.695. The number of hydrogen-bond acceptors (Lipinski definition) is 2. The summed E-state index contributed by atoms with van der Waals surface area (Å²) < 4.78 is 1.09. The summed E-state index contributed by atoms with van der Waals surface area (Å²) in [6.07, 6.45) is 6.60. The molecule has 0 aromatic carbocycles. The first-order chi connectivity index (χ1) is 6.47. The van der Waals surface area contributed by atoms with Crippen molar-refractivity contribution in [3.63, 3.8) is 0 Å². The number of dihydropyridines is 1. The first-order valence-corrected chi connectivity index (χ1v) is 5.58. The molecule has 0 bridgehead atoms. The van der Waals surface area contributed by atoms with E-state index in [2.05, 4.69) is 59.5 Å². The van der Waals surface area contributed by atoms with Crippen LogP contribution >= 0.6 is 15.9 Å². The lowest BCUT2D eigenvalue weighted by Crippen LogP contribution is -2.39. The van der Waals surface area contributed by atoms with E-state index in [1.807, 2.05) is 6.20 Å². The minimum atomic E-state index is 0.187. The second kappa shape index (κ2) is 3.16. The van der Waals surface area contributed by atoms with Gasteiger partial charge >= 0.3 is 0 Å². The Morgan fingerprint density at radius 2 is 2.00 bits per heavy atom. The molecule has 0 radical (unpaired) electrons. The Morgan fingerprint density at radius 3 is 2.64 bits per heavy atom. The van der Waals surface area contributed by atoms with Gasteiger partial charge in [0.2, 0.25) is 0 Å². The van der Waals surface area contributed by atoms with E-state index in [9.17, 15) is 0 Å². The molecule has 0 aromatic heterocycles. The van der Waals surface area contributed by atoms with Crippen LogP contribution in [0.3, 0.4) is 0 Å². The topological polar surface area (TPSA) is 24.1 Å². The highest BCUT2D eigenvalue weighted by Crippen LogP contribution is 2.31. The van der Waals surface area contributed by atoms with Crippen LogP contribution in [0.25, 0.3) is 0 Å². The van der Waals surface area contributed by atoms with Crippen LogP contribution < -0.4 is 10.6 Å². The van der Waals surface area contributed by atoms with Crippen molar-refractivity contribution in [1.29, 1.82) is 0 Å². The van der Waals surface area contributed by atoms with E-state index < -0.39 is 0 Å². The minimum absolute atomic E-state index is 0.187. The zero-order chi connectivity index (χ0) is 10.3. The Morgan fingerprint density at radius 1 is 1.29 bits per heavy atom. The number of nitrogens with one attached hydrogen (secondary N) is 2. The number of halogens is 1. The second-order valence-electron chi connectivity index (χ2n) is 4.73. The number of allylic oxidation sites excluding steroid dienone is 3. The zero-order valence-corrected chi connectivity index (χ0v) is 10.3. The van der Waals surface area contributed by atoms with Crippen molar-refractivity contribution in [3.05, 3.63) is 34.1 Å². The first-order valence-electron chi connectivity index (χ1n) is 4.79. The van der Waals surface area contributed by atoms with Crippen LogP contribution in [0.2, 0.25) is 0 Å². The van der Waals surface area contributed by atoms with Crippen LogP contribution in [0.1, 0.15) is 20.8 Å². The molecule has 2 aliphatic rings. The van der Waals surface area contributed by atoms with Crippen LogP contribution in [0, 0.1) is 5.41 Å². The van der Waals surface area contributed by atoms with Crippen molar-refractivity contribution in [2.24, 2.45) is 5.41 Å². The molecule has 3 heteroatoms. The van der Waals surface area contributed by atoms with Gasteiger partial charge in [0.05, 0.1) is 0 Å². The van der Waals surface area contributed by atoms with E-state index in [0.717, 1.165) is 4.48 Å². The molecular weight excluding hydrogens is 240 g/mol. The molecule has 2 heterocycles. The lowest BCUT2D eigenvalue weighted by atomic mass is 9.92. The molecule has 0 aliphatic carbocycles. The van der Waals surface area contributed by atoms with Gasteiger partial charge in [-0.2, -0.15) is 0 Å². The summed E-state index contributed by atoms with van der Waals surface area (Å²) in [5.74, 6) is 0. The smallest absolute Gasteiger partial charge is 0.122 e. The maximum absolute atomic E-state index is 3.47. The molecule has 1 atom stereocenters. The Kier molecular flexibility index (Phi) is 2.22. The second-order valence-corrected chi connectivity index (χ2v) is 5.64. The number of rotatable bonds is 0. The third kappa shape index (κ3) is 1.73. The van der Waals surface area contributed by atoms with E-state index >= 15 is 0 Å². The zero-order valence-electron chi connectivity index (χ0n) is 8.69. The monoisotopic (exact) mass is 254 g/mol. The number of fused-ring (bicyclic) bond motifs is 1. The Labute approximate surface area is 93.3 Å². The van der Waals surface area contributed by atoms with Crippen molar-refractivity contribution >= 4 is 15.9 Å². The summed E-state index contributed by atoms with van der Waals surface area (Å²) in [5.41, 5.74) is 2.77. The molecule has 1 unspecified atom stereocenters. The lowest BCUT2D eigenvalue weighted by Gasteiger charge is -2.24. The molecule has 0 saturated heterocycles. The van der Waals surface area contributed by atoms with Crippen molar-refractivity contribution in [3.8, 4) is 0 Å². The van der Waals surface area contributed by atoms with Crippen LogP contribution in [0.15, 0.2) is 34.1 Å². The molecule has 2 N–H and O–H groups in total. The molecule has 0 spiro atoms. The SMILES string of the molecule is CC(C)(C)C1=CC2=CC(Br)=CNC2N1. The molecule has 0 saturated carbocycles. The standard InChI is InChI=1S/C11H15BrN2/c1-11(2,3)9-5-7-4-8(12)6-13-10(7)14-9/h4-6,10,13-14H,1-3H3. The highest BCUT2D eigenvalue weighted by atomic mass is 79.9. The third-order valence-corrected chi connectivity index (χ3v) is 2.90. The number of hydrogen-bond donors (Lipinski definition) is 2. The fraction of sp³-hybridized carbons (Fsp3) is 0.455. The molecule has 0 aromatic rings. The van der Waals surface area contributed by atoms with Crippen LogP contribution in [-0.4, -0.2) is 6.17 Å². The van der Waals surface area contributed by atoms with E-state index in [4.69, 9.17) is 0 Å². The van der Waals surface area contributed by atoms with Gasteiger partial charge in [-0.25, -0.2) is 0 Å². The molecule has 0 fully saturated rings. The maximum atomic E-state index is 3.47. The van der Waals surface area contributed by atoms with Crippen molar-refractivity contribution in [2.75, 3.05) is 0 Å². The van der Waals surface area contributed by atoms with Gasteiger partial charge in [0, 0.05) is 21.8 Å². The van der Waals surface area contributed by atoms with Gasteiger partial charge in [-0.1, -0.05) is 20.8 Å². The van der Waals surface area contributed by atoms with Gasteiger partial charge in [-0.3, -0.25) is 0 Å². The first kappa shape index (κ1) is 9.84. The largest absolute Gasteiger partial charge is 0.367 e. The van der Waals surface area contributed by atoms with E-state index in [-0.39, 0.29) is 11.6 Å². The van der Waals surface area contributed by atoms with Crippen molar-refractivity contribution < 1.29 is 0 Å². The maximum Gasteiger partial charge on any atom is 0.122 e. The van der Waals surface area contributed by atoms with Crippen LogP contribution in [0.5, 0.6) is 0 Å². The van der Waals surface area contributed by atoms with E-state index in [1.165, 1.54) is 11.3 Å². The van der Waals surface area contributed by atoms with Crippen molar-refractivity contribution in [1.82, 2.24) is 10.6 Å². The highest BCUT2D eigenvalue weighted by Gasteiger charge is 2.28. The summed E-state index contributed by atoms with van der Waals surface area (Å²) in [6.45, 7) is 6.64. The van der Waals surface area contributed by atoms with Crippen molar-refractivity contribution in [2.45, 2.75) is 26.9 Å². The average Bonchev–Trinajstić information content (AvgIpc) is 2.45. The van der Waals surface area contributed by atoms with Gasteiger partial charge < -0.3 is 10.6 Å². The highest BCUT2D eigenvalue weighted by molar-refractivity contribution is 9.11. The predicted octanol–water partition coefficient (Wildman–Crippen LogP) is 2.61. The summed E-state index contributed by atoms with van der Waals surface area (Å²) >= 11 is 3.46. The van der Waals surface area contributed by atoms with Gasteiger partial charge in [0.1, 0.15) is 6.17 Å². The lowest BCUT2D eigenvalue weighted by molar-refractivity contribution is 0.447. The summed E-state index contributed by atoms with van der Waals surface area (Å²) in [7, 11) is 0. The Bertz CT molecular complexity index is 345. The molecule has 14 heavy (non-hydrogen) atoms. The molecule has 2 rings (SSSR count). The fourth-order valence-electron chi connectivity index (χ4n) is 1.59. The predicted molar refractivity (Wildman–Crippen MR) is 62.7 cm³/mol. The fourth-order valence-corrected chi connectivity index (χ4v) is 1.99. The average molecular weight is 255 g/mol. The van der Waals surface area contributed by atoms with Gasteiger partial charge in [-0.15, -0.1) is 0 Å². The normalized spacial score (nSPS) is 25.4. The summed E-state index contributed by atoms with van der Waals surface area (Å²) in [6, 6.07) is 0. The Balaban J connectivity index is 2.27. The molecule has 0 amide bonds. The minimum Gasteiger partial charge on any atom is -0.367 e. The van der Waals surface area contributed by atoms with Gasteiger partial charge in [0.25, 0.3) is 0 Å². The third-order valence-electron chi connectivity index (χ3n) is 2.44. The summed E-state index contributed by atoms with van der Waals surface area (Å²) in [4.78, 5) is 0. The molecular formula is C11H15BrN2. The van der Waals surface area contributed by atoms with E-state index in [0.29, 0.717) is 0 Å².